The molecule has 0 bridgehead atoms. The Kier molecular flexibility index (Phi) is 7.50. The van der Waals surface area contributed by atoms with Crippen molar-refractivity contribution in [3.63, 3.8) is 0 Å². The molecule has 0 fully saturated rings. The van der Waals surface area contributed by atoms with E-state index in [0.717, 1.165) is 0 Å². The maximum Gasteiger partial charge on any atom is 0.0401 e. The highest BCUT2D eigenvalue weighted by molar-refractivity contribution is 7.07. The molecule has 0 unspecified atom stereocenters. The van der Waals surface area contributed by atoms with Crippen LogP contribution in [0.1, 0.15) is 0 Å². The van der Waals surface area contributed by atoms with Gasteiger partial charge in [-0.3, -0.25) is 0 Å². The molecular formula is C7H9ClS. The van der Waals surface area contributed by atoms with Gasteiger partial charge in [-0.25, -0.2) is 0 Å². The lowest BCUT2D eigenvalue weighted by molar-refractivity contribution is 1.80. The largest absolute Gasteiger partial charge is 0.152 e. The smallest absolute Gasteiger partial charge is 0.0401 e. The highest BCUT2D eigenvalue weighted by Crippen LogP contribution is 1.91. The summed E-state index contributed by atoms with van der Waals surface area (Å²) in [7, 11) is 0. The number of hydrogen-bond donors (Lipinski definition) is 0. The van der Waals surface area contributed by atoms with E-state index in [-0.39, 0.29) is 0 Å². The first-order chi connectivity index (χ1) is 4.41. The molecule has 0 aliphatic carbocycles. The highest BCUT2D eigenvalue weighted by Gasteiger charge is 1.58. The lowest BCUT2D eigenvalue weighted by Crippen LogP contribution is -1.45. The summed E-state index contributed by atoms with van der Waals surface area (Å²) in [6, 6.07) is 4.04. The second-order valence-corrected chi connectivity index (χ2v) is 2.36. The molecule has 1 heterocycles. The van der Waals surface area contributed by atoms with Gasteiger partial charge in [0.1, 0.15) is 0 Å². The van der Waals surface area contributed by atoms with Crippen molar-refractivity contribution in [2.45, 2.75) is 0 Å². The standard InChI is InChI=1S/C4H4S.C3H5Cl/c1-2-4-5-3-1;1-2-3-4/h1-4H;2H,1,3H2. The van der Waals surface area contributed by atoms with E-state index in [1.54, 1.807) is 17.4 Å². The molecule has 0 spiro atoms. The number of halogens is 1. The van der Waals surface area contributed by atoms with Crippen molar-refractivity contribution < 1.29 is 0 Å². The molecule has 9 heavy (non-hydrogen) atoms. The average Bonchev–Trinajstić information content (AvgIpc) is 2.43. The Morgan fingerprint density at radius 2 is 1.89 bits per heavy atom. The van der Waals surface area contributed by atoms with Gasteiger partial charge in [-0.15, -0.1) is 18.2 Å². The van der Waals surface area contributed by atoms with Crippen LogP contribution in [-0.4, -0.2) is 5.88 Å². The second-order valence-electron chi connectivity index (χ2n) is 1.24. The van der Waals surface area contributed by atoms with Gasteiger partial charge < -0.3 is 0 Å². The lowest BCUT2D eigenvalue weighted by Gasteiger charge is -1.55. The number of hydrogen-bond acceptors (Lipinski definition) is 1. The van der Waals surface area contributed by atoms with E-state index < -0.39 is 0 Å². The van der Waals surface area contributed by atoms with Crippen molar-refractivity contribution in [3.05, 3.63) is 35.5 Å². The van der Waals surface area contributed by atoms with Crippen molar-refractivity contribution in [2.75, 3.05) is 5.88 Å². The van der Waals surface area contributed by atoms with Crippen LogP contribution in [0.3, 0.4) is 0 Å². The maximum absolute atomic E-state index is 5.07. The number of thiophene rings is 1. The van der Waals surface area contributed by atoms with Crippen molar-refractivity contribution in [1.82, 2.24) is 0 Å². The van der Waals surface area contributed by atoms with Crippen LogP contribution in [0, 0.1) is 0 Å². The zero-order valence-corrected chi connectivity index (χ0v) is 6.66. The second kappa shape index (κ2) is 7.73. The molecule has 0 saturated carbocycles. The predicted molar refractivity (Wildman–Crippen MR) is 45.2 cm³/mol. The van der Waals surface area contributed by atoms with E-state index >= 15 is 0 Å². The molecule has 0 aromatic carbocycles. The molecule has 0 aliphatic rings. The summed E-state index contributed by atoms with van der Waals surface area (Å²) in [6.45, 7) is 3.35. The summed E-state index contributed by atoms with van der Waals surface area (Å²) >= 11 is 6.78. The van der Waals surface area contributed by atoms with Gasteiger partial charge in [0, 0.05) is 5.88 Å². The van der Waals surface area contributed by atoms with Crippen molar-refractivity contribution in [2.24, 2.45) is 0 Å². The van der Waals surface area contributed by atoms with Crippen molar-refractivity contribution in [1.29, 1.82) is 0 Å². The molecular weight excluding hydrogens is 152 g/mol. The molecule has 0 N–H and O–H groups in total. The normalized spacial score (nSPS) is 7.22. The molecule has 1 aromatic rings. The van der Waals surface area contributed by atoms with Crippen LogP contribution in [0.5, 0.6) is 0 Å². The molecule has 0 nitrogen and oxygen atoms in total. The third-order valence-electron chi connectivity index (χ3n) is 0.534. The number of rotatable bonds is 1. The highest BCUT2D eigenvalue weighted by atomic mass is 35.5. The monoisotopic (exact) mass is 160 g/mol. The van der Waals surface area contributed by atoms with E-state index in [1.807, 2.05) is 22.9 Å². The van der Waals surface area contributed by atoms with Crippen LogP contribution in [0.4, 0.5) is 0 Å². The van der Waals surface area contributed by atoms with Gasteiger partial charge >= 0.3 is 0 Å². The Hall–Kier alpha value is -0.270. The lowest BCUT2D eigenvalue weighted by atomic mass is 10.7. The van der Waals surface area contributed by atoms with Crippen LogP contribution in [0.25, 0.3) is 0 Å². The van der Waals surface area contributed by atoms with Crippen LogP contribution in [0.15, 0.2) is 35.5 Å². The first-order valence-electron chi connectivity index (χ1n) is 2.56. The van der Waals surface area contributed by atoms with Gasteiger partial charge in [-0.1, -0.05) is 18.2 Å². The van der Waals surface area contributed by atoms with Gasteiger partial charge in [-0.05, 0) is 10.8 Å². The fraction of sp³-hybridized carbons (Fsp3) is 0.143. The number of alkyl halides is 1. The van der Waals surface area contributed by atoms with Crippen LogP contribution in [-0.2, 0) is 0 Å². The molecule has 1 rings (SSSR count). The van der Waals surface area contributed by atoms with Gasteiger partial charge in [0.05, 0.1) is 0 Å². The van der Waals surface area contributed by atoms with Gasteiger partial charge in [-0.2, -0.15) is 11.3 Å². The van der Waals surface area contributed by atoms with Crippen LogP contribution >= 0.6 is 22.9 Å². The minimum Gasteiger partial charge on any atom is -0.152 e. The van der Waals surface area contributed by atoms with Crippen molar-refractivity contribution in [3.8, 4) is 0 Å². The van der Waals surface area contributed by atoms with Gasteiger partial charge in [0.2, 0.25) is 0 Å². The summed E-state index contributed by atoms with van der Waals surface area (Å²) in [6.07, 6.45) is 1.64. The summed E-state index contributed by atoms with van der Waals surface area (Å²) in [5.41, 5.74) is 0. The van der Waals surface area contributed by atoms with E-state index in [9.17, 15) is 0 Å². The quantitative estimate of drug-likeness (QED) is 0.438. The minimum absolute atomic E-state index is 0.556. The SMILES string of the molecule is C=CCCl.c1ccsc1. The fourth-order valence-corrected chi connectivity index (χ4v) is 0.680. The fourth-order valence-electron chi connectivity index (χ4n) is 0.227. The summed E-state index contributed by atoms with van der Waals surface area (Å²) in [5.74, 6) is 0.556. The Balaban J connectivity index is 0.000000148. The van der Waals surface area contributed by atoms with Crippen molar-refractivity contribution >= 4 is 22.9 Å². The van der Waals surface area contributed by atoms with Gasteiger partial charge in [0.25, 0.3) is 0 Å². The predicted octanol–water partition coefficient (Wildman–Crippen LogP) is 3.16. The molecule has 1 aromatic heterocycles. The molecule has 0 amide bonds. The Morgan fingerprint density at radius 3 is 2.00 bits per heavy atom. The average molecular weight is 161 g/mol. The topological polar surface area (TPSA) is 0 Å². The molecule has 2 heteroatoms. The summed E-state index contributed by atoms with van der Waals surface area (Å²) < 4.78 is 0. The minimum atomic E-state index is 0.556. The molecule has 0 radical (unpaired) electrons. The number of allylic oxidation sites excluding steroid dienone is 1. The Labute approximate surface area is 64.8 Å². The molecule has 50 valence electrons. The first kappa shape index (κ1) is 8.73. The van der Waals surface area contributed by atoms with E-state index in [4.69, 9.17) is 11.6 Å². The van der Waals surface area contributed by atoms with Crippen LogP contribution < -0.4 is 0 Å². The summed E-state index contributed by atoms with van der Waals surface area (Å²) in [5, 5.41) is 4.08. The van der Waals surface area contributed by atoms with E-state index in [0.29, 0.717) is 5.88 Å². The summed E-state index contributed by atoms with van der Waals surface area (Å²) in [4.78, 5) is 0. The molecule has 0 aliphatic heterocycles. The van der Waals surface area contributed by atoms with E-state index in [1.165, 1.54) is 0 Å². The zero-order chi connectivity index (χ0) is 6.95. The molecule has 0 atom stereocenters. The van der Waals surface area contributed by atoms with E-state index in [2.05, 4.69) is 6.58 Å². The van der Waals surface area contributed by atoms with Crippen LogP contribution in [0.2, 0.25) is 0 Å². The third-order valence-corrected chi connectivity index (χ3v) is 1.38. The zero-order valence-electron chi connectivity index (χ0n) is 5.09. The molecule has 0 saturated heterocycles. The Bertz CT molecular complexity index is 106. The Morgan fingerprint density at radius 1 is 1.44 bits per heavy atom. The first-order valence-corrected chi connectivity index (χ1v) is 4.03. The van der Waals surface area contributed by atoms with Gasteiger partial charge in [0.15, 0.2) is 0 Å². The third kappa shape index (κ3) is 7.73. The maximum atomic E-state index is 5.07.